The molecule has 1 aromatic heterocycles. The third-order valence-electron chi connectivity index (χ3n) is 3.88. The van der Waals surface area contributed by atoms with E-state index in [9.17, 15) is 9.59 Å². The van der Waals surface area contributed by atoms with E-state index in [4.69, 9.17) is 0 Å². The summed E-state index contributed by atoms with van der Waals surface area (Å²) >= 11 is 0. The van der Waals surface area contributed by atoms with Crippen molar-refractivity contribution in [3.63, 3.8) is 0 Å². The third-order valence-corrected chi connectivity index (χ3v) is 3.88. The molecule has 1 N–H and O–H groups in total. The lowest BCUT2D eigenvalue weighted by molar-refractivity contribution is -0.119. The number of aromatic nitrogens is 2. The number of amides is 2. The monoisotopic (exact) mass is 310 g/mol. The first-order valence-electron chi connectivity index (χ1n) is 7.63. The summed E-state index contributed by atoms with van der Waals surface area (Å²) in [5.74, 6) is -0.186. The minimum Gasteiger partial charge on any atom is -0.321 e. The quantitative estimate of drug-likeness (QED) is 0.945. The summed E-state index contributed by atoms with van der Waals surface area (Å²) in [6.07, 6.45) is 6.93. The number of benzene rings is 1. The number of hydrogen-bond donors (Lipinski definition) is 1. The molecule has 6 heteroatoms. The number of piperidine rings is 1. The minimum atomic E-state index is -0.321. The molecule has 2 amide bonds. The Bertz CT molecular complexity index is 731. The van der Waals surface area contributed by atoms with Gasteiger partial charge in [-0.25, -0.2) is 4.98 Å². The first-order chi connectivity index (χ1) is 11.1. The van der Waals surface area contributed by atoms with Gasteiger partial charge in [-0.3, -0.25) is 14.6 Å². The number of carbonyl (C=O) groups excluding carboxylic acids is 2. The highest BCUT2D eigenvalue weighted by Gasteiger charge is 2.21. The van der Waals surface area contributed by atoms with Gasteiger partial charge in [-0.15, -0.1) is 0 Å². The first-order valence-corrected chi connectivity index (χ1v) is 7.63. The van der Waals surface area contributed by atoms with Crippen LogP contribution < -0.4 is 10.2 Å². The van der Waals surface area contributed by atoms with E-state index >= 15 is 0 Å². The maximum absolute atomic E-state index is 12.2. The fourth-order valence-electron chi connectivity index (χ4n) is 2.65. The molecule has 1 aliphatic rings. The number of hydrogen-bond acceptors (Lipinski definition) is 4. The van der Waals surface area contributed by atoms with Crippen molar-refractivity contribution >= 4 is 23.2 Å². The van der Waals surface area contributed by atoms with Gasteiger partial charge in [0.2, 0.25) is 5.91 Å². The van der Waals surface area contributed by atoms with E-state index < -0.39 is 0 Å². The molecule has 0 spiro atoms. The summed E-state index contributed by atoms with van der Waals surface area (Å²) in [6, 6.07) is 5.57. The molecule has 6 nitrogen and oxygen atoms in total. The van der Waals surface area contributed by atoms with Crippen molar-refractivity contribution in [2.75, 3.05) is 16.8 Å². The molecule has 1 fully saturated rings. The van der Waals surface area contributed by atoms with E-state index in [1.165, 1.54) is 18.6 Å². The fraction of sp³-hybridized carbons (Fsp3) is 0.294. The van der Waals surface area contributed by atoms with E-state index in [0.29, 0.717) is 12.1 Å². The molecule has 3 rings (SSSR count). The van der Waals surface area contributed by atoms with Gasteiger partial charge in [0.15, 0.2) is 0 Å². The van der Waals surface area contributed by atoms with Gasteiger partial charge >= 0.3 is 0 Å². The lowest BCUT2D eigenvalue weighted by Crippen LogP contribution is -2.35. The van der Waals surface area contributed by atoms with Crippen molar-refractivity contribution in [2.24, 2.45) is 0 Å². The van der Waals surface area contributed by atoms with Crippen molar-refractivity contribution in [1.29, 1.82) is 0 Å². The highest BCUT2D eigenvalue weighted by Crippen LogP contribution is 2.27. The molecule has 23 heavy (non-hydrogen) atoms. The summed E-state index contributed by atoms with van der Waals surface area (Å²) < 4.78 is 0. The van der Waals surface area contributed by atoms with Gasteiger partial charge in [0, 0.05) is 36.7 Å². The summed E-state index contributed by atoms with van der Waals surface area (Å²) in [7, 11) is 0. The van der Waals surface area contributed by atoms with Crippen LogP contribution in [-0.4, -0.2) is 28.3 Å². The maximum Gasteiger partial charge on any atom is 0.275 e. The third kappa shape index (κ3) is 3.36. The van der Waals surface area contributed by atoms with Gasteiger partial charge in [-0.1, -0.05) is 6.07 Å². The molecular weight excluding hydrogens is 292 g/mol. The highest BCUT2D eigenvalue weighted by atomic mass is 16.2. The van der Waals surface area contributed by atoms with Crippen molar-refractivity contribution in [1.82, 2.24) is 9.97 Å². The van der Waals surface area contributed by atoms with Gasteiger partial charge < -0.3 is 10.2 Å². The fourth-order valence-corrected chi connectivity index (χ4v) is 2.65. The lowest BCUT2D eigenvalue weighted by Gasteiger charge is -2.28. The number of aryl methyl sites for hydroxylation is 1. The Morgan fingerprint density at radius 2 is 2.13 bits per heavy atom. The van der Waals surface area contributed by atoms with Gasteiger partial charge in [0.05, 0.1) is 6.20 Å². The first kappa shape index (κ1) is 15.1. The number of rotatable bonds is 3. The zero-order valence-electron chi connectivity index (χ0n) is 13.0. The molecule has 1 saturated heterocycles. The Hall–Kier alpha value is -2.76. The van der Waals surface area contributed by atoms with E-state index in [1.54, 1.807) is 4.90 Å². The SMILES string of the molecule is Cc1ccc(NC(=O)c2cnccn2)cc1N1CCCCC1=O. The second kappa shape index (κ2) is 6.56. The normalized spacial score (nSPS) is 14.7. The largest absolute Gasteiger partial charge is 0.321 e. The van der Waals surface area contributed by atoms with Crippen LogP contribution in [0.3, 0.4) is 0 Å². The zero-order chi connectivity index (χ0) is 16.2. The maximum atomic E-state index is 12.2. The molecule has 0 radical (unpaired) electrons. The second-order valence-corrected chi connectivity index (χ2v) is 5.55. The van der Waals surface area contributed by atoms with Crippen molar-refractivity contribution in [2.45, 2.75) is 26.2 Å². The Balaban J connectivity index is 1.83. The Morgan fingerprint density at radius 1 is 1.26 bits per heavy atom. The molecule has 0 unspecified atom stereocenters. The highest BCUT2D eigenvalue weighted by molar-refractivity contribution is 6.03. The molecule has 0 atom stereocenters. The smallest absolute Gasteiger partial charge is 0.275 e. The molecule has 2 aromatic rings. The van der Waals surface area contributed by atoms with Crippen molar-refractivity contribution in [3.8, 4) is 0 Å². The molecule has 0 aliphatic carbocycles. The molecule has 0 saturated carbocycles. The van der Waals surface area contributed by atoms with Crippen LogP contribution in [0.15, 0.2) is 36.8 Å². The molecule has 118 valence electrons. The van der Waals surface area contributed by atoms with Crippen LogP contribution in [0.4, 0.5) is 11.4 Å². The lowest BCUT2D eigenvalue weighted by atomic mass is 10.1. The predicted molar refractivity (Wildman–Crippen MR) is 87.4 cm³/mol. The average molecular weight is 310 g/mol. The van der Waals surface area contributed by atoms with Gasteiger partial charge in [0.1, 0.15) is 5.69 Å². The minimum absolute atomic E-state index is 0.136. The summed E-state index contributed by atoms with van der Waals surface area (Å²) in [5, 5.41) is 2.80. The van der Waals surface area contributed by atoms with E-state index in [2.05, 4.69) is 15.3 Å². The molecule has 1 aliphatic heterocycles. The topological polar surface area (TPSA) is 75.2 Å². The molecule has 2 heterocycles. The average Bonchev–Trinajstić information content (AvgIpc) is 2.58. The van der Waals surface area contributed by atoms with Crippen LogP contribution in [0.25, 0.3) is 0 Å². The molecular formula is C17H18N4O2. The van der Waals surface area contributed by atoms with E-state index in [0.717, 1.165) is 30.6 Å². The summed E-state index contributed by atoms with van der Waals surface area (Å²) in [4.78, 5) is 33.9. The Morgan fingerprint density at radius 3 is 2.87 bits per heavy atom. The van der Waals surface area contributed by atoms with Crippen LogP contribution in [0.1, 0.15) is 35.3 Å². The molecule has 1 aromatic carbocycles. The molecule has 0 bridgehead atoms. The number of anilines is 2. The van der Waals surface area contributed by atoms with Gasteiger partial charge in [-0.2, -0.15) is 0 Å². The summed E-state index contributed by atoms with van der Waals surface area (Å²) in [5.41, 5.74) is 2.76. The van der Waals surface area contributed by atoms with Crippen LogP contribution >= 0.6 is 0 Å². The standard InChI is InChI=1S/C17H18N4O2/c1-12-5-6-13(20-17(23)14-11-18-7-8-19-14)10-15(12)21-9-3-2-4-16(21)22/h5-8,10-11H,2-4,9H2,1H3,(H,20,23). The van der Waals surface area contributed by atoms with Crippen molar-refractivity contribution in [3.05, 3.63) is 48.0 Å². The number of carbonyl (C=O) groups is 2. The van der Waals surface area contributed by atoms with Gasteiger partial charge in [0.25, 0.3) is 5.91 Å². The van der Waals surface area contributed by atoms with E-state index in [1.807, 2.05) is 25.1 Å². The van der Waals surface area contributed by atoms with Gasteiger partial charge in [-0.05, 0) is 37.5 Å². The Kier molecular flexibility index (Phi) is 4.32. The Labute approximate surface area is 134 Å². The van der Waals surface area contributed by atoms with Crippen LogP contribution in [-0.2, 0) is 4.79 Å². The van der Waals surface area contributed by atoms with Crippen LogP contribution in [0.5, 0.6) is 0 Å². The predicted octanol–water partition coefficient (Wildman–Crippen LogP) is 2.55. The van der Waals surface area contributed by atoms with E-state index in [-0.39, 0.29) is 17.5 Å². The zero-order valence-corrected chi connectivity index (χ0v) is 13.0. The summed E-state index contributed by atoms with van der Waals surface area (Å²) in [6.45, 7) is 2.69. The van der Waals surface area contributed by atoms with Crippen molar-refractivity contribution < 1.29 is 9.59 Å². The number of nitrogens with one attached hydrogen (secondary N) is 1. The second-order valence-electron chi connectivity index (χ2n) is 5.55. The number of nitrogens with zero attached hydrogens (tertiary/aromatic N) is 3. The van der Waals surface area contributed by atoms with Crippen LogP contribution in [0, 0.1) is 6.92 Å². The van der Waals surface area contributed by atoms with Crippen LogP contribution in [0.2, 0.25) is 0 Å².